The predicted molar refractivity (Wildman–Crippen MR) is 97.8 cm³/mol. The molecule has 0 amide bonds. The van der Waals surface area contributed by atoms with Gasteiger partial charge in [-0.2, -0.15) is 0 Å². The van der Waals surface area contributed by atoms with Crippen molar-refractivity contribution in [1.29, 1.82) is 0 Å². The molecule has 24 heavy (non-hydrogen) atoms. The third kappa shape index (κ3) is 1.83. The molecule has 0 atom stereocenters. The monoisotopic (exact) mass is 313 g/mol. The maximum Gasteiger partial charge on any atom is 0.120 e. The van der Waals surface area contributed by atoms with Crippen LogP contribution in [0.25, 0.3) is 11.1 Å². The van der Waals surface area contributed by atoms with Crippen molar-refractivity contribution in [3.8, 4) is 16.9 Å². The van der Waals surface area contributed by atoms with E-state index in [4.69, 9.17) is 4.74 Å². The Morgan fingerprint density at radius 3 is 2.21 bits per heavy atom. The number of hydrogen-bond donors (Lipinski definition) is 0. The molecule has 1 aliphatic carbocycles. The van der Waals surface area contributed by atoms with Crippen molar-refractivity contribution in [2.24, 2.45) is 0 Å². The van der Waals surface area contributed by atoms with Gasteiger partial charge in [-0.25, -0.2) is 0 Å². The zero-order valence-corrected chi connectivity index (χ0v) is 13.7. The molecule has 1 heterocycles. The van der Waals surface area contributed by atoms with Crippen LogP contribution in [0.5, 0.6) is 5.75 Å². The van der Waals surface area contributed by atoms with E-state index in [1.54, 1.807) is 7.11 Å². The van der Waals surface area contributed by atoms with E-state index < -0.39 is 0 Å². The Balaban J connectivity index is 1.69. The highest BCUT2D eigenvalue weighted by Gasteiger charge is 2.35. The lowest BCUT2D eigenvalue weighted by Crippen LogP contribution is -2.26. The highest BCUT2D eigenvalue weighted by Crippen LogP contribution is 2.49. The van der Waals surface area contributed by atoms with E-state index in [1.807, 2.05) is 0 Å². The van der Waals surface area contributed by atoms with Gasteiger partial charge in [-0.05, 0) is 40.3 Å². The van der Waals surface area contributed by atoms with Crippen molar-refractivity contribution < 1.29 is 4.74 Å². The zero-order chi connectivity index (χ0) is 16.1. The SMILES string of the molecule is COc1ccc2c(c1)N(C1c3ccccc3-c3ccccc31)CC2. The van der Waals surface area contributed by atoms with E-state index in [1.165, 1.54) is 33.5 Å². The summed E-state index contributed by atoms with van der Waals surface area (Å²) >= 11 is 0. The van der Waals surface area contributed by atoms with E-state index in [0.29, 0.717) is 6.04 Å². The average molecular weight is 313 g/mol. The van der Waals surface area contributed by atoms with Crippen LogP contribution in [-0.4, -0.2) is 13.7 Å². The summed E-state index contributed by atoms with van der Waals surface area (Å²) in [6.07, 6.45) is 1.10. The van der Waals surface area contributed by atoms with Crippen LogP contribution in [0.4, 0.5) is 5.69 Å². The van der Waals surface area contributed by atoms with Gasteiger partial charge in [0.2, 0.25) is 0 Å². The average Bonchev–Trinajstić information content (AvgIpc) is 3.19. The summed E-state index contributed by atoms with van der Waals surface area (Å²) in [6.45, 7) is 1.05. The smallest absolute Gasteiger partial charge is 0.120 e. The van der Waals surface area contributed by atoms with Gasteiger partial charge < -0.3 is 9.64 Å². The van der Waals surface area contributed by atoms with Crippen LogP contribution in [0.2, 0.25) is 0 Å². The van der Waals surface area contributed by atoms with E-state index in [2.05, 4.69) is 71.6 Å². The molecule has 0 bridgehead atoms. The fraction of sp³-hybridized carbons (Fsp3) is 0.182. The molecule has 0 unspecified atom stereocenters. The predicted octanol–water partition coefficient (Wildman–Crippen LogP) is 4.83. The van der Waals surface area contributed by atoms with Crippen LogP contribution in [0, 0.1) is 0 Å². The molecule has 0 N–H and O–H groups in total. The van der Waals surface area contributed by atoms with Gasteiger partial charge in [0.1, 0.15) is 5.75 Å². The first-order chi connectivity index (χ1) is 11.9. The molecule has 0 spiro atoms. The third-order valence-electron chi connectivity index (χ3n) is 5.34. The summed E-state index contributed by atoms with van der Waals surface area (Å²) in [5.74, 6) is 0.931. The molecule has 118 valence electrons. The number of benzene rings is 3. The number of anilines is 1. The molecular weight excluding hydrogens is 294 g/mol. The van der Waals surface area contributed by atoms with Crippen LogP contribution >= 0.6 is 0 Å². The van der Waals surface area contributed by atoms with Crippen molar-refractivity contribution in [3.63, 3.8) is 0 Å². The number of ether oxygens (including phenoxy) is 1. The topological polar surface area (TPSA) is 12.5 Å². The Morgan fingerprint density at radius 2 is 1.54 bits per heavy atom. The molecule has 3 aromatic carbocycles. The van der Waals surface area contributed by atoms with Crippen LogP contribution in [0.1, 0.15) is 22.7 Å². The number of methoxy groups -OCH3 is 1. The molecule has 0 saturated heterocycles. The van der Waals surface area contributed by atoms with Gasteiger partial charge >= 0.3 is 0 Å². The number of rotatable bonds is 2. The summed E-state index contributed by atoms with van der Waals surface area (Å²) in [6, 6.07) is 24.4. The van der Waals surface area contributed by atoms with Crippen molar-refractivity contribution in [2.45, 2.75) is 12.5 Å². The first-order valence-corrected chi connectivity index (χ1v) is 8.48. The second-order valence-corrected chi connectivity index (χ2v) is 6.52. The van der Waals surface area contributed by atoms with Gasteiger partial charge in [0, 0.05) is 18.3 Å². The Kier molecular flexibility index (Phi) is 2.93. The molecule has 5 rings (SSSR count). The summed E-state index contributed by atoms with van der Waals surface area (Å²) in [5.41, 5.74) is 8.29. The van der Waals surface area contributed by atoms with Crippen molar-refractivity contribution >= 4 is 5.69 Å². The molecule has 3 aromatic rings. The second-order valence-electron chi connectivity index (χ2n) is 6.52. The van der Waals surface area contributed by atoms with Crippen LogP contribution < -0.4 is 9.64 Å². The molecule has 2 aliphatic rings. The molecule has 1 aliphatic heterocycles. The van der Waals surface area contributed by atoms with Crippen molar-refractivity contribution in [1.82, 2.24) is 0 Å². The number of hydrogen-bond acceptors (Lipinski definition) is 2. The molecule has 0 saturated carbocycles. The van der Waals surface area contributed by atoms with Crippen molar-refractivity contribution in [2.75, 3.05) is 18.6 Å². The number of nitrogens with zero attached hydrogens (tertiary/aromatic N) is 1. The minimum atomic E-state index is 0.297. The van der Waals surface area contributed by atoms with Gasteiger partial charge in [0.15, 0.2) is 0 Å². The first kappa shape index (κ1) is 13.7. The lowest BCUT2D eigenvalue weighted by molar-refractivity contribution is 0.415. The van der Waals surface area contributed by atoms with Gasteiger partial charge in [0.05, 0.1) is 13.2 Å². The maximum absolute atomic E-state index is 5.46. The van der Waals surface area contributed by atoms with Crippen LogP contribution in [0.15, 0.2) is 66.7 Å². The molecule has 2 nitrogen and oxygen atoms in total. The highest BCUT2D eigenvalue weighted by molar-refractivity contribution is 5.81. The van der Waals surface area contributed by atoms with Crippen molar-refractivity contribution in [3.05, 3.63) is 83.4 Å². The minimum Gasteiger partial charge on any atom is -0.497 e. The normalized spacial score (nSPS) is 15.1. The Morgan fingerprint density at radius 1 is 0.875 bits per heavy atom. The fourth-order valence-electron chi connectivity index (χ4n) is 4.24. The molecule has 2 heteroatoms. The third-order valence-corrected chi connectivity index (χ3v) is 5.34. The maximum atomic E-state index is 5.46. The molecule has 0 radical (unpaired) electrons. The van der Waals surface area contributed by atoms with Crippen LogP contribution in [0.3, 0.4) is 0 Å². The summed E-state index contributed by atoms with van der Waals surface area (Å²) in [4.78, 5) is 2.54. The number of fused-ring (bicyclic) bond motifs is 4. The first-order valence-electron chi connectivity index (χ1n) is 8.48. The summed E-state index contributed by atoms with van der Waals surface area (Å²) in [7, 11) is 1.74. The lowest BCUT2D eigenvalue weighted by atomic mass is 10.0. The van der Waals surface area contributed by atoms with Crippen LogP contribution in [-0.2, 0) is 6.42 Å². The molecule has 0 aromatic heterocycles. The van der Waals surface area contributed by atoms with E-state index in [9.17, 15) is 0 Å². The Labute approximate surface area is 142 Å². The van der Waals surface area contributed by atoms with E-state index in [0.717, 1.165) is 18.7 Å². The standard InChI is InChI=1S/C22H19NO/c1-24-16-11-10-15-12-13-23(21(15)14-16)22-19-8-4-2-6-17(19)18-7-3-5-9-20(18)22/h2-11,14,22H,12-13H2,1H3. The lowest BCUT2D eigenvalue weighted by Gasteiger charge is -2.29. The highest BCUT2D eigenvalue weighted by atomic mass is 16.5. The summed E-state index contributed by atoms with van der Waals surface area (Å²) < 4.78 is 5.46. The van der Waals surface area contributed by atoms with Gasteiger partial charge in [-0.15, -0.1) is 0 Å². The Hall–Kier alpha value is -2.74. The van der Waals surface area contributed by atoms with E-state index >= 15 is 0 Å². The van der Waals surface area contributed by atoms with Gasteiger partial charge in [-0.1, -0.05) is 54.6 Å². The molecule has 0 fully saturated rings. The summed E-state index contributed by atoms with van der Waals surface area (Å²) in [5, 5.41) is 0. The van der Waals surface area contributed by atoms with E-state index in [-0.39, 0.29) is 0 Å². The zero-order valence-electron chi connectivity index (χ0n) is 13.7. The van der Waals surface area contributed by atoms with Gasteiger partial charge in [0.25, 0.3) is 0 Å². The largest absolute Gasteiger partial charge is 0.497 e. The molecular formula is C22H19NO. The Bertz CT molecular complexity index is 885. The minimum absolute atomic E-state index is 0.297. The quantitative estimate of drug-likeness (QED) is 0.672. The fourth-order valence-corrected chi connectivity index (χ4v) is 4.24. The van der Waals surface area contributed by atoms with Gasteiger partial charge in [-0.3, -0.25) is 0 Å². The second kappa shape index (κ2) is 5.13.